The number of aliphatic carboxylic acids is 1. The van der Waals surface area contributed by atoms with E-state index in [-0.39, 0.29) is 11.9 Å². The highest BCUT2D eigenvalue weighted by Crippen LogP contribution is 2.24. The number of hydrogen-bond acceptors (Lipinski definition) is 4. The summed E-state index contributed by atoms with van der Waals surface area (Å²) in [7, 11) is 0. The molecule has 1 fully saturated rings. The molecule has 1 aliphatic carbocycles. The molecule has 1 unspecified atom stereocenters. The first-order valence-corrected chi connectivity index (χ1v) is 7.24. The fourth-order valence-electron chi connectivity index (χ4n) is 2.21. The molecule has 0 saturated heterocycles. The lowest BCUT2D eigenvalue weighted by Gasteiger charge is -2.13. The van der Waals surface area contributed by atoms with Crippen LogP contribution >= 0.6 is 0 Å². The number of nitrogens with zero attached hydrogens (tertiary/aromatic N) is 1. The number of nitrogens with one attached hydrogen (secondary N) is 2. The monoisotopic (exact) mass is 299 g/mol. The van der Waals surface area contributed by atoms with Crippen molar-refractivity contribution in [1.82, 2.24) is 10.3 Å². The van der Waals surface area contributed by atoms with Crippen molar-refractivity contribution < 1.29 is 14.7 Å². The van der Waals surface area contributed by atoms with Gasteiger partial charge < -0.3 is 15.7 Å². The maximum atomic E-state index is 12.4. The first kappa shape index (κ1) is 14.3. The van der Waals surface area contributed by atoms with E-state index in [1.807, 2.05) is 18.2 Å². The van der Waals surface area contributed by atoms with E-state index in [9.17, 15) is 9.59 Å². The molecular weight excluding hydrogens is 282 g/mol. The highest BCUT2D eigenvalue weighted by Gasteiger charge is 2.25. The number of amides is 1. The Kier molecular flexibility index (Phi) is 3.66. The van der Waals surface area contributed by atoms with Gasteiger partial charge in [-0.25, -0.2) is 4.98 Å². The number of carbonyl (C=O) groups excluding carboxylic acids is 1. The number of aromatic nitrogens is 1. The maximum Gasteiger partial charge on any atom is 0.325 e. The Hall–Kier alpha value is -2.63. The summed E-state index contributed by atoms with van der Waals surface area (Å²) < 4.78 is 0. The number of carboxylic acid groups (broad SMARTS) is 1. The molecule has 0 aliphatic heterocycles. The molecule has 1 aliphatic rings. The maximum absolute atomic E-state index is 12.4. The minimum absolute atomic E-state index is 0.146. The predicted octanol–water partition coefficient (Wildman–Crippen LogP) is 2.01. The van der Waals surface area contributed by atoms with Gasteiger partial charge in [0.1, 0.15) is 11.9 Å². The molecule has 22 heavy (non-hydrogen) atoms. The van der Waals surface area contributed by atoms with Crippen molar-refractivity contribution in [2.45, 2.75) is 31.8 Å². The Morgan fingerprint density at radius 3 is 2.73 bits per heavy atom. The minimum atomic E-state index is -0.973. The lowest BCUT2D eigenvalue weighted by molar-refractivity contribution is -0.137. The van der Waals surface area contributed by atoms with Gasteiger partial charge in [0.2, 0.25) is 0 Å². The Morgan fingerprint density at radius 2 is 2.05 bits per heavy atom. The van der Waals surface area contributed by atoms with Crippen LogP contribution in [0.5, 0.6) is 0 Å². The van der Waals surface area contributed by atoms with Crippen LogP contribution in [0.1, 0.15) is 30.1 Å². The van der Waals surface area contributed by atoms with E-state index < -0.39 is 12.0 Å². The standard InChI is InChI=1S/C16H17N3O3/c1-9(16(21)22)17-14-8-12(15(20)18-10-6-7-10)11-4-2-3-5-13(11)19-14/h2-5,8-10H,6-7H2,1H3,(H,17,19)(H,18,20)(H,21,22). The van der Waals surface area contributed by atoms with Gasteiger partial charge in [0.05, 0.1) is 11.1 Å². The Balaban J connectivity index is 1.99. The molecule has 114 valence electrons. The zero-order chi connectivity index (χ0) is 15.7. The second-order valence-electron chi connectivity index (χ2n) is 5.52. The lowest BCUT2D eigenvalue weighted by Crippen LogP contribution is -2.28. The van der Waals surface area contributed by atoms with E-state index >= 15 is 0 Å². The number of anilines is 1. The van der Waals surface area contributed by atoms with E-state index in [0.29, 0.717) is 16.9 Å². The van der Waals surface area contributed by atoms with E-state index in [1.54, 1.807) is 12.1 Å². The number of hydrogen-bond donors (Lipinski definition) is 3. The molecule has 1 aromatic heterocycles. The van der Waals surface area contributed by atoms with E-state index in [2.05, 4.69) is 15.6 Å². The zero-order valence-electron chi connectivity index (χ0n) is 12.2. The molecule has 6 nitrogen and oxygen atoms in total. The molecule has 2 aromatic rings. The van der Waals surface area contributed by atoms with Crippen molar-refractivity contribution in [2.75, 3.05) is 5.32 Å². The Bertz CT molecular complexity index is 740. The number of rotatable bonds is 5. The molecule has 0 radical (unpaired) electrons. The molecule has 6 heteroatoms. The molecule has 1 saturated carbocycles. The molecule has 1 aromatic carbocycles. The molecule has 3 rings (SSSR count). The fraction of sp³-hybridized carbons (Fsp3) is 0.312. The van der Waals surface area contributed by atoms with Crippen molar-refractivity contribution in [2.24, 2.45) is 0 Å². The third-order valence-electron chi connectivity index (χ3n) is 3.61. The summed E-state index contributed by atoms with van der Waals surface area (Å²) in [5.74, 6) is -0.736. The van der Waals surface area contributed by atoms with Crippen LogP contribution in [0.25, 0.3) is 10.9 Å². The van der Waals surface area contributed by atoms with Gasteiger partial charge in [-0.2, -0.15) is 0 Å². The molecule has 1 amide bonds. The predicted molar refractivity (Wildman–Crippen MR) is 83.0 cm³/mol. The van der Waals surface area contributed by atoms with Gasteiger partial charge in [-0.15, -0.1) is 0 Å². The van der Waals surface area contributed by atoms with Gasteiger partial charge in [-0.05, 0) is 31.9 Å². The highest BCUT2D eigenvalue weighted by atomic mass is 16.4. The fourth-order valence-corrected chi connectivity index (χ4v) is 2.21. The largest absolute Gasteiger partial charge is 0.480 e. The van der Waals surface area contributed by atoms with Gasteiger partial charge >= 0.3 is 5.97 Å². The van der Waals surface area contributed by atoms with Gasteiger partial charge in [0.15, 0.2) is 0 Å². The first-order valence-electron chi connectivity index (χ1n) is 7.24. The van der Waals surface area contributed by atoms with E-state index in [4.69, 9.17) is 5.11 Å². The topological polar surface area (TPSA) is 91.3 Å². The van der Waals surface area contributed by atoms with Gasteiger partial charge in [-0.3, -0.25) is 9.59 Å². The molecule has 0 spiro atoms. The zero-order valence-corrected chi connectivity index (χ0v) is 12.2. The van der Waals surface area contributed by atoms with Crippen LogP contribution in [-0.4, -0.2) is 34.1 Å². The lowest BCUT2D eigenvalue weighted by atomic mass is 10.1. The first-order chi connectivity index (χ1) is 10.5. The summed E-state index contributed by atoms with van der Waals surface area (Å²) in [6, 6.07) is 8.42. The molecular formula is C16H17N3O3. The van der Waals surface area contributed by atoms with Crippen molar-refractivity contribution in [3.63, 3.8) is 0 Å². The second kappa shape index (κ2) is 5.63. The van der Waals surface area contributed by atoms with Gasteiger partial charge in [0, 0.05) is 11.4 Å². The van der Waals surface area contributed by atoms with Gasteiger partial charge in [-0.1, -0.05) is 18.2 Å². The number of pyridine rings is 1. The minimum Gasteiger partial charge on any atom is -0.480 e. The van der Waals surface area contributed by atoms with E-state index in [1.165, 1.54) is 6.92 Å². The third-order valence-corrected chi connectivity index (χ3v) is 3.61. The van der Waals surface area contributed by atoms with Crippen molar-refractivity contribution in [3.8, 4) is 0 Å². The number of carbonyl (C=O) groups is 2. The van der Waals surface area contributed by atoms with Crippen molar-refractivity contribution in [3.05, 3.63) is 35.9 Å². The summed E-state index contributed by atoms with van der Waals surface area (Å²) in [5.41, 5.74) is 1.17. The van der Waals surface area contributed by atoms with Crippen LogP contribution < -0.4 is 10.6 Å². The summed E-state index contributed by atoms with van der Waals surface area (Å²) in [6.45, 7) is 1.53. The average Bonchev–Trinajstić information content (AvgIpc) is 3.30. The van der Waals surface area contributed by atoms with Crippen LogP contribution in [0.4, 0.5) is 5.82 Å². The number of benzene rings is 1. The van der Waals surface area contributed by atoms with Crippen molar-refractivity contribution in [1.29, 1.82) is 0 Å². The Labute approximate surface area is 127 Å². The number of carboxylic acids is 1. The number of fused-ring (bicyclic) bond motifs is 1. The molecule has 0 bridgehead atoms. The normalized spacial score (nSPS) is 15.3. The summed E-state index contributed by atoms with van der Waals surface area (Å²) in [6.07, 6.45) is 2.02. The summed E-state index contributed by atoms with van der Waals surface area (Å²) in [5, 5.41) is 15.5. The molecule has 3 N–H and O–H groups in total. The van der Waals surface area contributed by atoms with Crippen LogP contribution in [0.3, 0.4) is 0 Å². The van der Waals surface area contributed by atoms with Crippen LogP contribution in [0, 0.1) is 0 Å². The molecule has 1 heterocycles. The van der Waals surface area contributed by atoms with Crippen LogP contribution in [0.2, 0.25) is 0 Å². The third kappa shape index (κ3) is 3.00. The van der Waals surface area contributed by atoms with Crippen LogP contribution in [-0.2, 0) is 4.79 Å². The summed E-state index contributed by atoms with van der Waals surface area (Å²) >= 11 is 0. The van der Waals surface area contributed by atoms with Crippen molar-refractivity contribution >= 4 is 28.6 Å². The Morgan fingerprint density at radius 1 is 1.32 bits per heavy atom. The average molecular weight is 299 g/mol. The smallest absolute Gasteiger partial charge is 0.325 e. The van der Waals surface area contributed by atoms with Crippen LogP contribution in [0.15, 0.2) is 30.3 Å². The van der Waals surface area contributed by atoms with E-state index in [0.717, 1.165) is 18.2 Å². The summed E-state index contributed by atoms with van der Waals surface area (Å²) in [4.78, 5) is 27.7. The molecule has 1 atom stereocenters. The SMILES string of the molecule is CC(Nc1cc(C(=O)NC2CC2)c2ccccc2n1)C(=O)O. The van der Waals surface area contributed by atoms with Gasteiger partial charge in [0.25, 0.3) is 5.91 Å². The highest BCUT2D eigenvalue weighted by molar-refractivity contribution is 6.07. The second-order valence-corrected chi connectivity index (χ2v) is 5.52. The quantitative estimate of drug-likeness (QED) is 0.785. The number of para-hydroxylation sites is 1.